The van der Waals surface area contributed by atoms with Gasteiger partial charge in [-0.05, 0) is 49.4 Å². The average Bonchev–Trinajstić information content (AvgIpc) is 2.72. The van der Waals surface area contributed by atoms with Crippen molar-refractivity contribution in [1.82, 2.24) is 9.88 Å². The Morgan fingerprint density at radius 1 is 1.16 bits per heavy atom. The standard InChI is InChI=1S/C21H21F3N4O4/c1-10-3-4-16(12-6-14(22)17(24)15(23)7-12)28(9-10)20(30)18(29)27-13-5-11(2)19(26-8-13)32-21(25)31/h5-8,10,16H,3-4,9H2,1-2H3,(H2,25,31)(H,27,29). The molecule has 0 saturated carbocycles. The lowest BCUT2D eigenvalue weighted by Gasteiger charge is -2.38. The lowest BCUT2D eigenvalue weighted by molar-refractivity contribution is -0.146. The first-order valence-electron chi connectivity index (χ1n) is 9.77. The van der Waals surface area contributed by atoms with Gasteiger partial charge < -0.3 is 20.7 Å². The fourth-order valence-corrected chi connectivity index (χ4v) is 3.64. The lowest BCUT2D eigenvalue weighted by atomic mass is 9.89. The monoisotopic (exact) mass is 450 g/mol. The molecule has 3 amide bonds. The van der Waals surface area contributed by atoms with E-state index in [2.05, 4.69) is 10.3 Å². The number of pyridine rings is 1. The van der Waals surface area contributed by atoms with Gasteiger partial charge in [0, 0.05) is 12.1 Å². The van der Waals surface area contributed by atoms with Crippen LogP contribution in [0.15, 0.2) is 24.4 Å². The molecule has 1 aromatic heterocycles. The number of nitrogens with one attached hydrogen (secondary N) is 1. The molecule has 3 rings (SSSR count). The van der Waals surface area contributed by atoms with Crippen molar-refractivity contribution in [2.24, 2.45) is 11.7 Å². The van der Waals surface area contributed by atoms with Crippen LogP contribution < -0.4 is 15.8 Å². The number of carbonyl (C=O) groups excluding carboxylic acids is 3. The number of benzene rings is 1. The molecule has 1 aromatic carbocycles. The van der Waals surface area contributed by atoms with E-state index in [1.807, 2.05) is 6.92 Å². The van der Waals surface area contributed by atoms with Gasteiger partial charge in [-0.1, -0.05) is 6.92 Å². The smallest absolute Gasteiger partial charge is 0.391 e. The summed E-state index contributed by atoms with van der Waals surface area (Å²) in [5.41, 5.74) is 5.56. The fraction of sp³-hybridized carbons (Fsp3) is 0.333. The summed E-state index contributed by atoms with van der Waals surface area (Å²) in [4.78, 5) is 41.5. The van der Waals surface area contributed by atoms with Gasteiger partial charge >= 0.3 is 17.9 Å². The number of aromatic nitrogens is 1. The first-order chi connectivity index (χ1) is 15.1. The Hall–Kier alpha value is -3.63. The maximum absolute atomic E-state index is 13.8. The maximum atomic E-state index is 13.8. The third-order valence-corrected chi connectivity index (χ3v) is 5.15. The Balaban J connectivity index is 1.81. The van der Waals surface area contributed by atoms with Crippen LogP contribution in [0.3, 0.4) is 0 Å². The van der Waals surface area contributed by atoms with Gasteiger partial charge in [0.15, 0.2) is 17.5 Å². The lowest BCUT2D eigenvalue weighted by Crippen LogP contribution is -2.46. The molecule has 2 atom stereocenters. The largest absolute Gasteiger partial charge is 0.411 e. The van der Waals surface area contributed by atoms with Crippen molar-refractivity contribution in [3.63, 3.8) is 0 Å². The molecule has 1 aliphatic rings. The Morgan fingerprint density at radius 3 is 2.41 bits per heavy atom. The number of nitrogens with two attached hydrogens (primary N) is 1. The van der Waals surface area contributed by atoms with Gasteiger partial charge in [0.1, 0.15) is 0 Å². The number of hydrogen-bond donors (Lipinski definition) is 2. The van der Waals surface area contributed by atoms with Gasteiger partial charge in [-0.2, -0.15) is 0 Å². The van der Waals surface area contributed by atoms with E-state index < -0.39 is 41.4 Å². The number of ether oxygens (including phenoxy) is 1. The first-order valence-corrected chi connectivity index (χ1v) is 9.77. The van der Waals surface area contributed by atoms with Crippen LogP contribution in [0.25, 0.3) is 0 Å². The molecule has 0 aliphatic carbocycles. The van der Waals surface area contributed by atoms with Crippen LogP contribution in [0.1, 0.15) is 36.9 Å². The Labute approximate surface area is 181 Å². The molecular formula is C21H21F3N4O4. The highest BCUT2D eigenvalue weighted by Gasteiger charge is 2.35. The first kappa shape index (κ1) is 23.0. The zero-order valence-electron chi connectivity index (χ0n) is 17.3. The third kappa shape index (κ3) is 4.98. The third-order valence-electron chi connectivity index (χ3n) is 5.15. The molecular weight excluding hydrogens is 429 g/mol. The summed E-state index contributed by atoms with van der Waals surface area (Å²) in [5.74, 6) is -6.23. The van der Waals surface area contributed by atoms with Gasteiger partial charge in [-0.3, -0.25) is 9.59 Å². The molecule has 32 heavy (non-hydrogen) atoms. The highest BCUT2D eigenvalue weighted by Crippen LogP contribution is 2.34. The van der Waals surface area contributed by atoms with E-state index in [1.165, 1.54) is 17.2 Å². The van der Waals surface area contributed by atoms with Crippen LogP contribution in [0.2, 0.25) is 0 Å². The van der Waals surface area contributed by atoms with Gasteiger partial charge in [-0.15, -0.1) is 0 Å². The van der Waals surface area contributed by atoms with Crippen LogP contribution in [0.5, 0.6) is 5.88 Å². The van der Waals surface area contributed by atoms with E-state index in [0.717, 1.165) is 12.1 Å². The second-order valence-electron chi connectivity index (χ2n) is 7.68. The van der Waals surface area contributed by atoms with E-state index in [-0.39, 0.29) is 29.6 Å². The molecule has 170 valence electrons. The molecule has 1 aliphatic heterocycles. The molecule has 0 bridgehead atoms. The Morgan fingerprint density at radius 2 is 1.81 bits per heavy atom. The van der Waals surface area contributed by atoms with Gasteiger partial charge in [0.2, 0.25) is 5.88 Å². The summed E-state index contributed by atoms with van der Waals surface area (Å²) in [5, 5.41) is 2.41. The number of anilines is 1. The van der Waals surface area contributed by atoms with E-state index in [4.69, 9.17) is 10.5 Å². The molecule has 0 spiro atoms. The van der Waals surface area contributed by atoms with Crippen LogP contribution in [-0.2, 0) is 9.59 Å². The topological polar surface area (TPSA) is 115 Å². The number of rotatable bonds is 3. The molecule has 2 heterocycles. The van der Waals surface area contributed by atoms with Crippen molar-refractivity contribution in [3.8, 4) is 5.88 Å². The quantitative estimate of drug-likeness (QED) is 0.551. The second-order valence-corrected chi connectivity index (χ2v) is 7.68. The van der Waals surface area contributed by atoms with Crippen LogP contribution in [0.4, 0.5) is 23.7 Å². The fourth-order valence-electron chi connectivity index (χ4n) is 3.64. The minimum absolute atomic E-state index is 0.0484. The van der Waals surface area contributed by atoms with Gasteiger partial charge in [0.05, 0.1) is 17.9 Å². The number of nitrogens with zero attached hydrogens (tertiary/aromatic N) is 2. The predicted molar refractivity (Wildman–Crippen MR) is 107 cm³/mol. The van der Waals surface area contributed by atoms with Crippen molar-refractivity contribution < 1.29 is 32.3 Å². The maximum Gasteiger partial charge on any atom is 0.411 e. The minimum atomic E-state index is -1.60. The molecule has 8 nitrogen and oxygen atoms in total. The molecule has 1 saturated heterocycles. The SMILES string of the molecule is Cc1cc(NC(=O)C(=O)N2CC(C)CCC2c2cc(F)c(F)c(F)c2)cnc1OC(N)=O. The van der Waals surface area contributed by atoms with Gasteiger partial charge in [0.25, 0.3) is 0 Å². The Kier molecular flexibility index (Phi) is 6.66. The molecule has 1 fully saturated rings. The number of hydrogen-bond acceptors (Lipinski definition) is 5. The normalized spacial score (nSPS) is 18.2. The summed E-state index contributed by atoms with van der Waals surface area (Å²) >= 11 is 0. The number of carbonyl (C=O) groups is 3. The van der Waals surface area contributed by atoms with Crippen molar-refractivity contribution in [2.75, 3.05) is 11.9 Å². The summed E-state index contributed by atoms with van der Waals surface area (Å²) < 4.78 is 45.6. The number of primary amides is 1. The zero-order valence-corrected chi connectivity index (χ0v) is 17.3. The van der Waals surface area contributed by atoms with Crippen molar-refractivity contribution in [1.29, 1.82) is 0 Å². The van der Waals surface area contributed by atoms with Crippen molar-refractivity contribution in [2.45, 2.75) is 32.7 Å². The number of halogens is 3. The highest BCUT2D eigenvalue weighted by atomic mass is 19.2. The number of aryl methyl sites for hydroxylation is 1. The Bertz CT molecular complexity index is 1060. The zero-order chi connectivity index (χ0) is 23.6. The molecule has 2 aromatic rings. The van der Waals surface area contributed by atoms with E-state index in [9.17, 15) is 27.6 Å². The predicted octanol–water partition coefficient (Wildman–Crippen LogP) is 3.20. The van der Waals surface area contributed by atoms with E-state index in [1.54, 1.807) is 6.92 Å². The second kappa shape index (κ2) is 9.25. The van der Waals surface area contributed by atoms with Crippen LogP contribution in [-0.4, -0.2) is 34.3 Å². The van der Waals surface area contributed by atoms with E-state index in [0.29, 0.717) is 18.4 Å². The summed E-state index contributed by atoms with van der Waals surface area (Å²) in [6.07, 6.45) is 1.13. The minimum Gasteiger partial charge on any atom is -0.391 e. The van der Waals surface area contributed by atoms with E-state index >= 15 is 0 Å². The number of piperidine rings is 1. The molecule has 0 radical (unpaired) electrons. The molecule has 2 unspecified atom stereocenters. The van der Waals surface area contributed by atoms with Gasteiger partial charge in [-0.25, -0.2) is 22.9 Å². The van der Waals surface area contributed by atoms with Crippen molar-refractivity contribution in [3.05, 3.63) is 53.0 Å². The highest BCUT2D eigenvalue weighted by molar-refractivity contribution is 6.39. The van der Waals surface area contributed by atoms with Crippen LogP contribution >= 0.6 is 0 Å². The summed E-state index contributed by atoms with van der Waals surface area (Å²) in [6.45, 7) is 3.62. The average molecular weight is 450 g/mol. The summed E-state index contributed by atoms with van der Waals surface area (Å²) in [7, 11) is 0. The summed E-state index contributed by atoms with van der Waals surface area (Å²) in [6, 6.07) is 2.31. The number of likely N-dealkylation sites (tertiary alicyclic amines) is 1. The molecule has 11 heteroatoms. The van der Waals surface area contributed by atoms with Crippen LogP contribution in [0, 0.1) is 30.3 Å². The molecule has 3 N–H and O–H groups in total. The van der Waals surface area contributed by atoms with Crippen molar-refractivity contribution >= 4 is 23.6 Å². The number of amides is 3.